The summed E-state index contributed by atoms with van der Waals surface area (Å²) in [4.78, 5) is 10.7. The summed E-state index contributed by atoms with van der Waals surface area (Å²) in [7, 11) is -5.08. The van der Waals surface area contributed by atoms with Gasteiger partial charge in [-0.3, -0.25) is 0 Å². The number of nitrogens with one attached hydrogen (secondary N) is 2. The van der Waals surface area contributed by atoms with Crippen molar-refractivity contribution >= 4 is 82.5 Å². The van der Waals surface area contributed by atoms with Crippen LogP contribution < -0.4 is 24.9 Å². The van der Waals surface area contributed by atoms with E-state index in [1.165, 1.54) is 25.1 Å². The lowest BCUT2D eigenvalue weighted by Crippen LogP contribution is -2.26. The van der Waals surface area contributed by atoms with E-state index in [-0.39, 0.29) is 52.6 Å². The van der Waals surface area contributed by atoms with Crippen LogP contribution in [0.1, 0.15) is 11.1 Å². The molecule has 0 fully saturated rings. The van der Waals surface area contributed by atoms with E-state index in [0.29, 0.717) is 17.5 Å². The third-order valence-corrected chi connectivity index (χ3v) is 7.96. The molecule has 0 saturated carbocycles. The maximum Gasteiger partial charge on any atom is 0.488 e. The quantitative estimate of drug-likeness (QED) is 0.239. The summed E-state index contributed by atoms with van der Waals surface area (Å²) in [5.41, 5.74) is 2.63. The summed E-state index contributed by atoms with van der Waals surface area (Å²) in [6, 6.07) is 5.53. The summed E-state index contributed by atoms with van der Waals surface area (Å²) >= 11 is 6.27. The van der Waals surface area contributed by atoms with Gasteiger partial charge in [-0.1, -0.05) is 15.5 Å². The third kappa shape index (κ3) is 8.08. The molecule has 40 heavy (non-hydrogen) atoms. The lowest BCUT2D eigenvalue weighted by atomic mass is 9.99. The van der Waals surface area contributed by atoms with Gasteiger partial charge < -0.3 is 29.0 Å². The minimum Gasteiger partial charge on any atom is -0.495 e. The first-order valence-corrected chi connectivity index (χ1v) is 15.5. The molecule has 4 rings (SSSR count). The Morgan fingerprint density at radius 2 is 1.82 bits per heavy atom. The average molecular weight is 661 g/mol. The van der Waals surface area contributed by atoms with Crippen LogP contribution in [-0.4, -0.2) is 57.3 Å². The van der Waals surface area contributed by atoms with E-state index < -0.39 is 29.2 Å². The third-order valence-electron chi connectivity index (χ3n) is 5.78. The van der Waals surface area contributed by atoms with Crippen molar-refractivity contribution in [3.63, 3.8) is 0 Å². The molecule has 0 unspecified atom stereocenters. The first kappa shape index (κ1) is 33.8. The minimum atomic E-state index is -5.42. The van der Waals surface area contributed by atoms with Crippen molar-refractivity contribution in [2.24, 2.45) is 0 Å². The molecule has 10 nitrogen and oxygen atoms in total. The molecule has 0 bridgehead atoms. The number of aromatic nitrogens is 2. The van der Waals surface area contributed by atoms with E-state index in [0.717, 1.165) is 31.1 Å². The van der Waals surface area contributed by atoms with Gasteiger partial charge in [0.25, 0.3) is 0 Å². The van der Waals surface area contributed by atoms with E-state index in [2.05, 4.69) is 29.7 Å². The zero-order valence-electron chi connectivity index (χ0n) is 21.7. The standard InChI is InChI=1S/C23H25ClF2N5O5PS.2ClH/c1-31-6-5-13-8-19(35-2)18(7-14(13)12-31)28-23-27-11-16(24)22(30-23)29-21-17(25)9-15(36-38(26,33)34)10-20(21)37(3,4)32;;/h7-11H,5-6,12H2,1-4H3,(H2,27,28,29,30);2*1H. The van der Waals surface area contributed by atoms with Gasteiger partial charge in [-0.05, 0) is 56.1 Å². The fourth-order valence-electron chi connectivity index (χ4n) is 4.03. The van der Waals surface area contributed by atoms with Crippen molar-refractivity contribution < 1.29 is 30.2 Å². The van der Waals surface area contributed by atoms with Gasteiger partial charge in [-0.15, -0.1) is 24.8 Å². The van der Waals surface area contributed by atoms with Gasteiger partial charge >= 0.3 is 10.5 Å². The van der Waals surface area contributed by atoms with Gasteiger partial charge in [0.05, 0.1) is 24.7 Å². The Hall–Kier alpha value is -2.41. The topological polar surface area (TPSA) is 123 Å². The van der Waals surface area contributed by atoms with Crippen LogP contribution in [0.2, 0.25) is 5.02 Å². The number of anilines is 4. The van der Waals surface area contributed by atoms with Crippen LogP contribution in [0.15, 0.2) is 30.5 Å². The second-order valence-corrected chi connectivity index (χ2v) is 13.6. The Balaban J connectivity index is 0.00000280. The summed E-state index contributed by atoms with van der Waals surface area (Å²) in [5, 5.41) is 5.69. The lowest BCUT2D eigenvalue weighted by molar-refractivity contribution is 0.312. The second-order valence-electron chi connectivity index (χ2n) is 9.08. The molecular weight excluding hydrogens is 634 g/mol. The molecule has 1 aliphatic rings. The van der Waals surface area contributed by atoms with Crippen molar-refractivity contribution in [1.82, 2.24) is 14.9 Å². The van der Waals surface area contributed by atoms with Gasteiger partial charge in [-0.2, -0.15) is 13.4 Å². The van der Waals surface area contributed by atoms with Crippen molar-refractivity contribution in [2.45, 2.75) is 13.0 Å². The number of hydrogen-bond acceptors (Lipinski definition) is 10. The van der Waals surface area contributed by atoms with Crippen LogP contribution in [0.3, 0.4) is 0 Å². The van der Waals surface area contributed by atoms with Crippen molar-refractivity contribution in [3.05, 3.63) is 52.4 Å². The molecule has 0 aliphatic carbocycles. The second kappa shape index (κ2) is 13.1. The SMILES string of the molecule is COc1cc2c(cc1Nc1ncc(Cl)c(Nc3c(F)cc(OS(=O)(=O)F)cc3P(C)(C)=O)n1)CN(C)CC2.Cl.Cl. The van der Waals surface area contributed by atoms with E-state index in [1.807, 2.05) is 19.2 Å². The van der Waals surface area contributed by atoms with E-state index in [1.54, 1.807) is 7.11 Å². The van der Waals surface area contributed by atoms with Crippen molar-refractivity contribution in [2.75, 3.05) is 44.7 Å². The van der Waals surface area contributed by atoms with Gasteiger partial charge in [-0.25, -0.2) is 9.37 Å². The Bertz CT molecular complexity index is 1560. The highest BCUT2D eigenvalue weighted by atomic mass is 35.5. The summed E-state index contributed by atoms with van der Waals surface area (Å²) < 4.78 is 72.4. The predicted molar refractivity (Wildman–Crippen MR) is 157 cm³/mol. The van der Waals surface area contributed by atoms with E-state index >= 15 is 4.39 Å². The van der Waals surface area contributed by atoms with E-state index in [4.69, 9.17) is 16.3 Å². The number of hydrogen-bond donors (Lipinski definition) is 2. The molecule has 1 aromatic heterocycles. The maximum absolute atomic E-state index is 15.1. The molecule has 0 radical (unpaired) electrons. The number of fused-ring (bicyclic) bond motifs is 1. The fraction of sp³-hybridized carbons (Fsp3) is 0.304. The highest BCUT2D eigenvalue weighted by Gasteiger charge is 2.25. The maximum atomic E-state index is 15.1. The number of likely N-dealkylation sites (N-methyl/N-ethyl adjacent to an activating group) is 1. The van der Waals surface area contributed by atoms with Crippen LogP contribution in [0.25, 0.3) is 0 Å². The van der Waals surface area contributed by atoms with Crippen LogP contribution in [0.4, 0.5) is 31.4 Å². The Kier molecular flexibility index (Phi) is 11.0. The van der Waals surface area contributed by atoms with Gasteiger partial charge in [0.2, 0.25) is 5.95 Å². The molecule has 3 aromatic rings. The van der Waals surface area contributed by atoms with Gasteiger partial charge in [0.1, 0.15) is 23.7 Å². The Morgan fingerprint density at radius 1 is 1.12 bits per heavy atom. The van der Waals surface area contributed by atoms with Crippen molar-refractivity contribution in [1.29, 1.82) is 0 Å². The molecule has 0 amide bonds. The number of rotatable bonds is 8. The molecule has 0 atom stereocenters. The Labute approximate surface area is 248 Å². The highest BCUT2D eigenvalue weighted by molar-refractivity contribution is 7.81. The van der Waals surface area contributed by atoms with Crippen molar-refractivity contribution in [3.8, 4) is 11.5 Å². The van der Waals surface area contributed by atoms with Crippen LogP contribution >= 0.6 is 43.6 Å². The zero-order valence-corrected chi connectivity index (χ0v) is 25.8. The molecular formula is C23H27Cl3F2N5O5PS. The Morgan fingerprint density at radius 3 is 2.45 bits per heavy atom. The van der Waals surface area contributed by atoms with Crippen LogP contribution in [0, 0.1) is 5.82 Å². The number of methoxy groups -OCH3 is 1. The van der Waals surface area contributed by atoms with Crippen LogP contribution in [0.5, 0.6) is 11.5 Å². The first-order chi connectivity index (χ1) is 17.7. The molecule has 220 valence electrons. The van der Waals surface area contributed by atoms with Crippen LogP contribution in [-0.2, 0) is 28.0 Å². The molecule has 17 heteroatoms. The molecule has 0 saturated heterocycles. The highest BCUT2D eigenvalue weighted by Crippen LogP contribution is 2.42. The first-order valence-electron chi connectivity index (χ1n) is 11.2. The number of benzene rings is 2. The normalized spacial score (nSPS) is 13.4. The van der Waals surface area contributed by atoms with Gasteiger partial charge in [0.15, 0.2) is 11.6 Å². The molecule has 2 N–H and O–H groups in total. The largest absolute Gasteiger partial charge is 0.495 e. The predicted octanol–water partition coefficient (Wildman–Crippen LogP) is 5.44. The fourth-order valence-corrected chi connectivity index (χ4v) is 5.63. The number of ether oxygens (including phenoxy) is 1. The zero-order chi connectivity index (χ0) is 27.8. The smallest absolute Gasteiger partial charge is 0.488 e. The molecule has 0 spiro atoms. The lowest BCUT2D eigenvalue weighted by Gasteiger charge is -2.26. The van der Waals surface area contributed by atoms with E-state index in [9.17, 15) is 16.9 Å². The van der Waals surface area contributed by atoms with Gasteiger partial charge in [0, 0.05) is 24.5 Å². The molecule has 2 heterocycles. The summed E-state index contributed by atoms with van der Waals surface area (Å²) in [6.45, 7) is 4.36. The number of nitrogens with zero attached hydrogens (tertiary/aromatic N) is 3. The summed E-state index contributed by atoms with van der Waals surface area (Å²) in [6.07, 6.45) is 2.18. The molecule has 2 aromatic carbocycles. The summed E-state index contributed by atoms with van der Waals surface area (Å²) in [5.74, 6) is -1.06. The minimum absolute atomic E-state index is 0. The molecule has 1 aliphatic heterocycles. The number of halogens is 5. The average Bonchev–Trinajstić information content (AvgIpc) is 2.80. The monoisotopic (exact) mass is 659 g/mol.